The van der Waals surface area contributed by atoms with Gasteiger partial charge < -0.3 is 5.32 Å². The zero-order chi connectivity index (χ0) is 12.8. The van der Waals surface area contributed by atoms with Gasteiger partial charge in [-0.25, -0.2) is 5.48 Å². The van der Waals surface area contributed by atoms with E-state index in [0.717, 1.165) is 37.1 Å². The van der Waals surface area contributed by atoms with Crippen LogP contribution in [0.2, 0.25) is 0 Å². The highest BCUT2D eigenvalue weighted by molar-refractivity contribution is 5.77. The Kier molecular flexibility index (Phi) is 4.73. The monoisotopic (exact) mass is 248 g/mol. The van der Waals surface area contributed by atoms with Gasteiger partial charge in [0.2, 0.25) is 5.91 Å². The summed E-state index contributed by atoms with van der Waals surface area (Å²) in [5.74, 6) is -0.0881. The van der Waals surface area contributed by atoms with Crippen molar-refractivity contribution in [3.63, 3.8) is 0 Å². The molecule has 1 fully saturated rings. The van der Waals surface area contributed by atoms with Crippen LogP contribution in [0.25, 0.3) is 0 Å². The van der Waals surface area contributed by atoms with Crippen LogP contribution in [0.15, 0.2) is 24.3 Å². The van der Waals surface area contributed by atoms with Crippen molar-refractivity contribution in [1.82, 2.24) is 10.8 Å². The molecule has 1 aliphatic heterocycles. The van der Waals surface area contributed by atoms with E-state index < -0.39 is 0 Å². The molecule has 18 heavy (non-hydrogen) atoms. The summed E-state index contributed by atoms with van der Waals surface area (Å²) in [7, 11) is 0. The van der Waals surface area contributed by atoms with Crippen LogP contribution < -0.4 is 10.8 Å². The van der Waals surface area contributed by atoms with Crippen molar-refractivity contribution >= 4 is 5.91 Å². The first-order valence-electron chi connectivity index (χ1n) is 6.45. The van der Waals surface area contributed by atoms with E-state index in [2.05, 4.69) is 10.8 Å². The van der Waals surface area contributed by atoms with E-state index in [0.29, 0.717) is 6.42 Å². The Bertz CT molecular complexity index is 401. The molecule has 1 amide bonds. The quantitative estimate of drug-likeness (QED) is 0.791. The molecule has 1 aliphatic rings. The average molecular weight is 248 g/mol. The van der Waals surface area contributed by atoms with Crippen molar-refractivity contribution in [2.24, 2.45) is 0 Å². The van der Waals surface area contributed by atoms with Crippen LogP contribution in [0.5, 0.6) is 0 Å². The van der Waals surface area contributed by atoms with Crippen LogP contribution in [-0.4, -0.2) is 25.1 Å². The minimum absolute atomic E-state index is 0.0881. The maximum absolute atomic E-state index is 11.8. The van der Waals surface area contributed by atoms with Crippen LogP contribution in [0.4, 0.5) is 0 Å². The summed E-state index contributed by atoms with van der Waals surface area (Å²) in [5.41, 5.74) is 4.72. The summed E-state index contributed by atoms with van der Waals surface area (Å²) >= 11 is 0. The Morgan fingerprint density at radius 3 is 3.06 bits per heavy atom. The summed E-state index contributed by atoms with van der Waals surface area (Å²) in [6, 6.07) is 7.90. The van der Waals surface area contributed by atoms with Crippen molar-refractivity contribution in [3.8, 4) is 0 Å². The second-order valence-electron chi connectivity index (χ2n) is 4.71. The molecular weight excluding hydrogens is 228 g/mol. The first-order valence-corrected chi connectivity index (χ1v) is 6.45. The Hall–Kier alpha value is -1.39. The third-order valence-electron chi connectivity index (χ3n) is 3.20. The first kappa shape index (κ1) is 13.1. The minimum atomic E-state index is -0.0881. The molecule has 4 heteroatoms. The summed E-state index contributed by atoms with van der Waals surface area (Å²) in [6.45, 7) is 3.86. The normalized spacial score (nSPS) is 19.5. The first-order chi connectivity index (χ1) is 8.75. The van der Waals surface area contributed by atoms with Crippen LogP contribution in [0, 0.1) is 6.92 Å². The maximum atomic E-state index is 11.8. The fourth-order valence-electron chi connectivity index (χ4n) is 2.09. The number of piperidine rings is 1. The largest absolute Gasteiger partial charge is 0.314 e. The summed E-state index contributed by atoms with van der Waals surface area (Å²) in [5, 5.41) is 3.24. The number of hydrogen-bond acceptors (Lipinski definition) is 3. The third-order valence-corrected chi connectivity index (χ3v) is 3.20. The van der Waals surface area contributed by atoms with Gasteiger partial charge in [0.1, 0.15) is 0 Å². The second-order valence-corrected chi connectivity index (χ2v) is 4.71. The number of benzene rings is 1. The molecule has 0 aromatic heterocycles. The molecule has 1 aromatic carbocycles. The Labute approximate surface area is 108 Å². The number of carbonyl (C=O) groups excluding carboxylic acids is 1. The molecule has 98 valence electrons. The molecule has 0 saturated carbocycles. The standard InChI is InChI=1S/C14H20N2O2/c1-11-5-2-3-6-12(11)9-14(17)16-18-13-7-4-8-15-10-13/h2-3,5-6,13,15H,4,7-10H2,1H3,(H,16,17). The van der Waals surface area contributed by atoms with E-state index in [4.69, 9.17) is 4.84 Å². The predicted octanol–water partition coefficient (Wildman–Crippen LogP) is 1.34. The maximum Gasteiger partial charge on any atom is 0.247 e. The van der Waals surface area contributed by atoms with Crippen LogP contribution in [0.1, 0.15) is 24.0 Å². The van der Waals surface area contributed by atoms with Crippen molar-refractivity contribution in [1.29, 1.82) is 0 Å². The summed E-state index contributed by atoms with van der Waals surface area (Å²) in [4.78, 5) is 17.1. The average Bonchev–Trinajstić information content (AvgIpc) is 2.40. The molecule has 0 aliphatic carbocycles. The van der Waals surface area contributed by atoms with Gasteiger partial charge in [-0.1, -0.05) is 24.3 Å². The zero-order valence-corrected chi connectivity index (χ0v) is 10.7. The lowest BCUT2D eigenvalue weighted by Gasteiger charge is -2.22. The number of hydrogen-bond donors (Lipinski definition) is 2. The predicted molar refractivity (Wildman–Crippen MR) is 70.0 cm³/mol. The van der Waals surface area contributed by atoms with E-state index >= 15 is 0 Å². The Balaban J connectivity index is 1.76. The van der Waals surface area contributed by atoms with Crippen LogP contribution in [0.3, 0.4) is 0 Å². The van der Waals surface area contributed by atoms with E-state index in [-0.39, 0.29) is 12.0 Å². The van der Waals surface area contributed by atoms with E-state index in [1.807, 2.05) is 31.2 Å². The molecule has 4 nitrogen and oxygen atoms in total. The van der Waals surface area contributed by atoms with Gasteiger partial charge in [0, 0.05) is 6.54 Å². The summed E-state index contributed by atoms with van der Waals surface area (Å²) in [6.07, 6.45) is 2.56. The number of amides is 1. The van der Waals surface area contributed by atoms with Crippen molar-refractivity contribution in [2.45, 2.75) is 32.3 Å². The second kappa shape index (κ2) is 6.52. The molecule has 1 unspecified atom stereocenters. The Morgan fingerprint density at radius 2 is 2.33 bits per heavy atom. The fourth-order valence-corrected chi connectivity index (χ4v) is 2.09. The number of carbonyl (C=O) groups is 1. The highest BCUT2D eigenvalue weighted by atomic mass is 16.7. The molecule has 1 aromatic rings. The lowest BCUT2D eigenvalue weighted by molar-refractivity contribution is -0.138. The third kappa shape index (κ3) is 3.82. The minimum Gasteiger partial charge on any atom is -0.314 e. The number of nitrogens with one attached hydrogen (secondary N) is 2. The molecule has 2 rings (SSSR count). The number of aryl methyl sites for hydroxylation is 1. The SMILES string of the molecule is Cc1ccccc1CC(=O)NOC1CCCNC1. The molecular formula is C14H20N2O2. The number of rotatable bonds is 4. The fraction of sp³-hybridized carbons (Fsp3) is 0.500. The molecule has 1 heterocycles. The van der Waals surface area contributed by atoms with E-state index in [1.54, 1.807) is 0 Å². The van der Waals surface area contributed by atoms with Gasteiger partial charge in [-0.15, -0.1) is 0 Å². The van der Waals surface area contributed by atoms with Crippen LogP contribution in [-0.2, 0) is 16.1 Å². The van der Waals surface area contributed by atoms with Gasteiger partial charge in [0.05, 0.1) is 12.5 Å². The van der Waals surface area contributed by atoms with Gasteiger partial charge in [0.15, 0.2) is 0 Å². The van der Waals surface area contributed by atoms with Gasteiger partial charge in [-0.2, -0.15) is 0 Å². The zero-order valence-electron chi connectivity index (χ0n) is 10.7. The topological polar surface area (TPSA) is 50.4 Å². The lowest BCUT2D eigenvalue weighted by atomic mass is 10.1. The van der Waals surface area contributed by atoms with Crippen molar-refractivity contribution < 1.29 is 9.63 Å². The molecule has 1 saturated heterocycles. The highest BCUT2D eigenvalue weighted by Gasteiger charge is 2.15. The molecule has 0 spiro atoms. The van der Waals surface area contributed by atoms with Gasteiger partial charge >= 0.3 is 0 Å². The van der Waals surface area contributed by atoms with Crippen LogP contribution >= 0.6 is 0 Å². The lowest BCUT2D eigenvalue weighted by Crippen LogP contribution is -2.40. The van der Waals surface area contributed by atoms with Gasteiger partial charge in [0.25, 0.3) is 0 Å². The Morgan fingerprint density at radius 1 is 1.50 bits per heavy atom. The smallest absolute Gasteiger partial charge is 0.247 e. The molecule has 0 radical (unpaired) electrons. The van der Waals surface area contributed by atoms with Crippen molar-refractivity contribution in [3.05, 3.63) is 35.4 Å². The molecule has 1 atom stereocenters. The molecule has 2 N–H and O–H groups in total. The van der Waals surface area contributed by atoms with Gasteiger partial charge in [-0.3, -0.25) is 9.63 Å². The highest BCUT2D eigenvalue weighted by Crippen LogP contribution is 2.08. The van der Waals surface area contributed by atoms with E-state index in [1.165, 1.54) is 0 Å². The number of hydroxylamine groups is 1. The molecule has 0 bridgehead atoms. The van der Waals surface area contributed by atoms with Crippen molar-refractivity contribution in [2.75, 3.05) is 13.1 Å². The van der Waals surface area contributed by atoms with Gasteiger partial charge in [-0.05, 0) is 37.4 Å². The van der Waals surface area contributed by atoms with E-state index in [9.17, 15) is 4.79 Å². The summed E-state index contributed by atoms with van der Waals surface area (Å²) < 4.78 is 0.